The third kappa shape index (κ3) is 4.98. The van der Waals surface area contributed by atoms with E-state index < -0.39 is 0 Å². The lowest BCUT2D eigenvalue weighted by Crippen LogP contribution is -2.00. The van der Waals surface area contributed by atoms with E-state index in [0.29, 0.717) is 17.5 Å². The lowest BCUT2D eigenvalue weighted by Gasteiger charge is -2.12. The molecular formula is C51H30N4OS. The molecule has 6 heteroatoms. The molecule has 0 atom stereocenters. The average Bonchev–Trinajstić information content (AvgIpc) is 3.96. The van der Waals surface area contributed by atoms with Gasteiger partial charge >= 0.3 is 0 Å². The summed E-state index contributed by atoms with van der Waals surface area (Å²) in [5.74, 6) is 1.85. The Morgan fingerprint density at radius 3 is 1.77 bits per heavy atom. The number of thiophene rings is 1. The van der Waals surface area contributed by atoms with Crippen molar-refractivity contribution < 1.29 is 4.42 Å². The molecule has 0 unspecified atom stereocenters. The Morgan fingerprint density at radius 1 is 0.421 bits per heavy atom. The van der Waals surface area contributed by atoms with Gasteiger partial charge in [0.2, 0.25) is 0 Å². The van der Waals surface area contributed by atoms with Gasteiger partial charge in [-0.2, -0.15) is 0 Å². The minimum Gasteiger partial charge on any atom is -0.456 e. The molecule has 0 aliphatic carbocycles. The number of hydrogen-bond acceptors (Lipinski definition) is 5. The summed E-state index contributed by atoms with van der Waals surface area (Å²) in [6, 6.07) is 63.6. The van der Waals surface area contributed by atoms with E-state index in [-0.39, 0.29) is 0 Å². The van der Waals surface area contributed by atoms with Gasteiger partial charge in [-0.05, 0) is 58.3 Å². The quantitative estimate of drug-likeness (QED) is 0.176. The summed E-state index contributed by atoms with van der Waals surface area (Å²) in [7, 11) is 0. The first kappa shape index (κ1) is 31.9. The molecule has 5 nitrogen and oxygen atoms in total. The van der Waals surface area contributed by atoms with Crippen LogP contribution in [0.25, 0.3) is 115 Å². The topological polar surface area (TPSA) is 56.7 Å². The van der Waals surface area contributed by atoms with E-state index in [1.807, 2.05) is 84.1 Å². The predicted octanol–water partition coefficient (Wildman–Crippen LogP) is 13.9. The van der Waals surface area contributed by atoms with E-state index in [2.05, 4.69) is 114 Å². The first-order valence-electron chi connectivity index (χ1n) is 19.0. The molecule has 0 aliphatic heterocycles. The number of fused-ring (bicyclic) bond motifs is 10. The SMILES string of the molecule is c1ccc(-c2nc(-c3ccccc3)nc(-c3cccc4oc5cc(-c6ccc(-n7c8ccccc8c8sc9ccccc9c87)cc6)c6ccccc6c5c34)n2)cc1. The number of hydrogen-bond donors (Lipinski definition) is 0. The Labute approximate surface area is 330 Å². The van der Waals surface area contributed by atoms with Gasteiger partial charge in [0.1, 0.15) is 11.2 Å². The van der Waals surface area contributed by atoms with E-state index in [1.54, 1.807) is 0 Å². The molecule has 12 rings (SSSR count). The second-order valence-corrected chi connectivity index (χ2v) is 15.4. The van der Waals surface area contributed by atoms with Crippen LogP contribution in [0.4, 0.5) is 0 Å². The summed E-state index contributed by atoms with van der Waals surface area (Å²) in [6.45, 7) is 0. The molecular weight excluding hydrogens is 717 g/mol. The molecule has 8 aromatic carbocycles. The predicted molar refractivity (Wildman–Crippen MR) is 236 cm³/mol. The second-order valence-electron chi connectivity index (χ2n) is 14.3. The van der Waals surface area contributed by atoms with Crippen molar-refractivity contribution in [3.63, 3.8) is 0 Å². The van der Waals surface area contributed by atoms with E-state index in [4.69, 9.17) is 19.4 Å². The highest BCUT2D eigenvalue weighted by atomic mass is 32.1. The van der Waals surface area contributed by atoms with Crippen LogP contribution in [0.3, 0.4) is 0 Å². The van der Waals surface area contributed by atoms with Crippen molar-refractivity contribution >= 4 is 75.3 Å². The molecule has 12 aromatic rings. The Bertz CT molecular complexity index is 3450. The molecule has 0 amide bonds. The summed E-state index contributed by atoms with van der Waals surface area (Å²) in [5.41, 5.74) is 10.2. The Balaban J connectivity index is 1.04. The molecule has 0 bridgehead atoms. The fourth-order valence-electron chi connectivity index (χ4n) is 8.51. The smallest absolute Gasteiger partial charge is 0.164 e. The molecule has 0 saturated heterocycles. The Morgan fingerprint density at radius 2 is 1.04 bits per heavy atom. The van der Waals surface area contributed by atoms with E-state index in [0.717, 1.165) is 66.2 Å². The lowest BCUT2D eigenvalue weighted by atomic mass is 9.93. The summed E-state index contributed by atoms with van der Waals surface area (Å²) < 4.78 is 11.8. The van der Waals surface area contributed by atoms with E-state index in [1.165, 1.54) is 31.2 Å². The highest BCUT2D eigenvalue weighted by Crippen LogP contribution is 2.45. The van der Waals surface area contributed by atoms with Crippen LogP contribution in [0.2, 0.25) is 0 Å². The van der Waals surface area contributed by atoms with Gasteiger partial charge in [0, 0.05) is 48.6 Å². The van der Waals surface area contributed by atoms with Crippen LogP contribution in [0.1, 0.15) is 0 Å². The van der Waals surface area contributed by atoms with E-state index in [9.17, 15) is 0 Å². The first-order chi connectivity index (χ1) is 28.3. The van der Waals surface area contributed by atoms with Crippen LogP contribution >= 0.6 is 11.3 Å². The van der Waals surface area contributed by atoms with Crippen LogP contribution < -0.4 is 0 Å². The molecule has 0 aliphatic rings. The van der Waals surface area contributed by atoms with Crippen LogP contribution in [-0.2, 0) is 0 Å². The van der Waals surface area contributed by atoms with Gasteiger partial charge in [-0.1, -0.05) is 146 Å². The molecule has 0 radical (unpaired) electrons. The van der Waals surface area contributed by atoms with Crippen LogP contribution in [0.15, 0.2) is 186 Å². The Hall–Kier alpha value is -7.41. The van der Waals surface area contributed by atoms with Crippen molar-refractivity contribution in [2.75, 3.05) is 0 Å². The molecule has 0 spiro atoms. The number of benzene rings is 8. The zero-order valence-electron chi connectivity index (χ0n) is 30.4. The van der Waals surface area contributed by atoms with Gasteiger partial charge in [-0.3, -0.25) is 0 Å². The van der Waals surface area contributed by atoms with Crippen molar-refractivity contribution in [3.8, 4) is 51.0 Å². The standard InChI is InChI=1S/C51H30N4OS/c1-3-14-32(15-4-1)49-52-50(33-16-5-2-6-17-33)54-51(53-49)39-22-13-24-42-46(39)45-36-19-8-7-18-35(36)40(30-43(45)56-42)31-26-28-34(29-27-31)55-41-23-11-9-20-37(41)48-47(55)38-21-10-12-25-44(38)57-48/h1-30H. The lowest BCUT2D eigenvalue weighted by molar-refractivity contribution is 0.669. The molecule has 266 valence electrons. The minimum absolute atomic E-state index is 0.602. The summed E-state index contributed by atoms with van der Waals surface area (Å²) in [5, 5.41) is 6.86. The minimum atomic E-state index is 0.602. The molecule has 0 saturated carbocycles. The van der Waals surface area contributed by atoms with Crippen molar-refractivity contribution in [2.45, 2.75) is 0 Å². The maximum absolute atomic E-state index is 6.75. The van der Waals surface area contributed by atoms with Gasteiger partial charge in [0.05, 0.1) is 15.7 Å². The zero-order chi connectivity index (χ0) is 37.5. The molecule has 4 heterocycles. The third-order valence-electron chi connectivity index (χ3n) is 11.1. The first-order valence-corrected chi connectivity index (χ1v) is 19.8. The number of nitrogens with zero attached hydrogens (tertiary/aromatic N) is 4. The normalized spacial score (nSPS) is 11.9. The van der Waals surface area contributed by atoms with Gasteiger partial charge < -0.3 is 8.98 Å². The molecule has 0 N–H and O–H groups in total. The largest absolute Gasteiger partial charge is 0.456 e. The molecule has 4 aromatic heterocycles. The monoisotopic (exact) mass is 746 g/mol. The van der Waals surface area contributed by atoms with Gasteiger partial charge in [0.25, 0.3) is 0 Å². The maximum atomic E-state index is 6.75. The van der Waals surface area contributed by atoms with Gasteiger partial charge in [0.15, 0.2) is 17.5 Å². The average molecular weight is 747 g/mol. The highest BCUT2D eigenvalue weighted by Gasteiger charge is 2.22. The fourth-order valence-corrected chi connectivity index (χ4v) is 9.73. The van der Waals surface area contributed by atoms with Gasteiger partial charge in [-0.15, -0.1) is 11.3 Å². The summed E-state index contributed by atoms with van der Waals surface area (Å²) in [4.78, 5) is 15.1. The Kier molecular flexibility index (Phi) is 7.03. The summed E-state index contributed by atoms with van der Waals surface area (Å²) in [6.07, 6.45) is 0. The van der Waals surface area contributed by atoms with Crippen molar-refractivity contribution in [1.29, 1.82) is 0 Å². The maximum Gasteiger partial charge on any atom is 0.164 e. The number of aromatic nitrogens is 4. The second kappa shape index (κ2) is 12.6. The summed E-state index contributed by atoms with van der Waals surface area (Å²) >= 11 is 1.87. The highest BCUT2D eigenvalue weighted by molar-refractivity contribution is 7.26. The third-order valence-corrected chi connectivity index (χ3v) is 12.3. The van der Waals surface area contributed by atoms with Crippen molar-refractivity contribution in [1.82, 2.24) is 19.5 Å². The number of rotatable bonds is 5. The van der Waals surface area contributed by atoms with E-state index >= 15 is 0 Å². The van der Waals surface area contributed by atoms with Crippen molar-refractivity contribution in [2.24, 2.45) is 0 Å². The molecule has 0 fully saturated rings. The number of para-hydroxylation sites is 1. The number of furan rings is 1. The van der Waals surface area contributed by atoms with Crippen LogP contribution in [-0.4, -0.2) is 19.5 Å². The van der Waals surface area contributed by atoms with Crippen LogP contribution in [0.5, 0.6) is 0 Å². The van der Waals surface area contributed by atoms with Crippen molar-refractivity contribution in [3.05, 3.63) is 182 Å². The zero-order valence-corrected chi connectivity index (χ0v) is 31.2. The molecule has 57 heavy (non-hydrogen) atoms. The fraction of sp³-hybridized carbons (Fsp3) is 0. The van der Waals surface area contributed by atoms with Crippen LogP contribution in [0, 0.1) is 0 Å². The van der Waals surface area contributed by atoms with Gasteiger partial charge in [-0.25, -0.2) is 15.0 Å².